The molecule has 170 valence electrons. The lowest BCUT2D eigenvalue weighted by atomic mass is 10.1. The van der Waals surface area contributed by atoms with E-state index in [4.69, 9.17) is 10.5 Å². The first kappa shape index (κ1) is 22.6. The number of hydrogen-bond donors (Lipinski definition) is 3. The minimum atomic E-state index is -0.717. The Labute approximate surface area is 194 Å². The first-order valence-corrected chi connectivity index (χ1v) is 11.3. The zero-order chi connectivity index (χ0) is 23.0. The maximum absolute atomic E-state index is 12.9. The largest absolute Gasteiger partial charge is 0.494 e. The summed E-state index contributed by atoms with van der Waals surface area (Å²) in [5, 5.41) is 5.76. The summed E-state index contributed by atoms with van der Waals surface area (Å²) in [5.74, 6) is 0.640. The summed E-state index contributed by atoms with van der Waals surface area (Å²) in [6.45, 7) is 0.684. The van der Waals surface area contributed by atoms with Crippen LogP contribution >= 0.6 is 0 Å². The molecule has 33 heavy (non-hydrogen) atoms. The molecule has 1 aliphatic rings. The van der Waals surface area contributed by atoms with Crippen LogP contribution in [-0.4, -0.2) is 30.5 Å². The summed E-state index contributed by atoms with van der Waals surface area (Å²) in [6, 6.07) is 26.0. The van der Waals surface area contributed by atoms with Crippen LogP contribution < -0.4 is 21.1 Å². The number of nitrogens with two attached hydrogens (primary N) is 1. The average molecular weight is 444 g/mol. The molecule has 6 nitrogen and oxygen atoms in total. The molecule has 3 atom stereocenters. The Morgan fingerprint density at radius 2 is 1.58 bits per heavy atom. The van der Waals surface area contributed by atoms with Gasteiger partial charge in [0.1, 0.15) is 11.8 Å². The highest BCUT2D eigenvalue weighted by atomic mass is 16.5. The minimum absolute atomic E-state index is 0.246. The number of nitrogens with one attached hydrogen (secondary N) is 2. The molecule has 3 aromatic carbocycles. The Kier molecular flexibility index (Phi) is 7.37. The van der Waals surface area contributed by atoms with Crippen LogP contribution in [0.3, 0.4) is 0 Å². The standard InChI is InChI=1S/C27H29N3O3/c28-24-17-23(24)20-11-13-22(14-12-20)33-16-15-25(30-26(31)21-9-5-2-6-10-21)27(32)29-18-19-7-3-1-4-8-19/h1-14,23-25H,15-18,28H2,(H,29,32)(H,30,31)/t23-,24-,25+/m0/s1. The Balaban J connectivity index is 1.34. The second-order valence-corrected chi connectivity index (χ2v) is 8.31. The van der Waals surface area contributed by atoms with E-state index in [1.807, 2.05) is 60.7 Å². The van der Waals surface area contributed by atoms with E-state index in [-0.39, 0.29) is 17.9 Å². The normalized spacial score (nSPS) is 17.6. The lowest BCUT2D eigenvalue weighted by molar-refractivity contribution is -0.123. The SMILES string of the molecule is N[C@H]1C[C@H]1c1ccc(OCC[C@@H](NC(=O)c2ccccc2)C(=O)NCc2ccccc2)cc1. The van der Waals surface area contributed by atoms with Crippen LogP contribution in [0, 0.1) is 0 Å². The van der Waals surface area contributed by atoms with Gasteiger partial charge in [-0.3, -0.25) is 9.59 Å². The zero-order valence-corrected chi connectivity index (χ0v) is 18.4. The molecule has 0 aromatic heterocycles. The molecule has 1 aliphatic carbocycles. The highest BCUT2D eigenvalue weighted by molar-refractivity contribution is 5.97. The fourth-order valence-corrected chi connectivity index (χ4v) is 3.71. The molecule has 6 heteroatoms. The van der Waals surface area contributed by atoms with Crippen LogP contribution in [-0.2, 0) is 11.3 Å². The highest BCUT2D eigenvalue weighted by Crippen LogP contribution is 2.39. The Morgan fingerprint density at radius 3 is 2.21 bits per heavy atom. The molecular weight excluding hydrogens is 414 g/mol. The van der Waals surface area contributed by atoms with Crippen molar-refractivity contribution in [2.24, 2.45) is 5.73 Å². The van der Waals surface area contributed by atoms with Crippen molar-refractivity contribution in [2.45, 2.75) is 37.4 Å². The molecule has 0 spiro atoms. The van der Waals surface area contributed by atoms with Gasteiger partial charge in [0.05, 0.1) is 6.61 Å². The Bertz CT molecular complexity index is 1050. The Hall–Kier alpha value is -3.64. The van der Waals surface area contributed by atoms with Crippen molar-refractivity contribution in [3.05, 3.63) is 102 Å². The van der Waals surface area contributed by atoms with E-state index < -0.39 is 6.04 Å². The topological polar surface area (TPSA) is 93.4 Å². The predicted octanol–water partition coefficient (Wildman–Crippen LogP) is 3.39. The molecule has 2 amide bonds. The Morgan fingerprint density at radius 1 is 0.939 bits per heavy atom. The fourth-order valence-electron chi connectivity index (χ4n) is 3.71. The van der Waals surface area contributed by atoms with Crippen LogP contribution in [0.2, 0.25) is 0 Å². The van der Waals surface area contributed by atoms with E-state index in [1.54, 1.807) is 24.3 Å². The third-order valence-corrected chi connectivity index (χ3v) is 5.79. The van der Waals surface area contributed by atoms with Gasteiger partial charge in [-0.05, 0) is 41.8 Å². The molecule has 0 saturated heterocycles. The van der Waals surface area contributed by atoms with Gasteiger partial charge in [0.15, 0.2) is 0 Å². The van der Waals surface area contributed by atoms with E-state index >= 15 is 0 Å². The molecule has 0 aliphatic heterocycles. The van der Waals surface area contributed by atoms with E-state index in [0.29, 0.717) is 31.1 Å². The lowest BCUT2D eigenvalue weighted by Crippen LogP contribution is -2.47. The molecule has 1 saturated carbocycles. The second-order valence-electron chi connectivity index (χ2n) is 8.31. The van der Waals surface area contributed by atoms with Gasteiger partial charge in [0, 0.05) is 30.5 Å². The van der Waals surface area contributed by atoms with Gasteiger partial charge in [0.25, 0.3) is 5.91 Å². The first-order chi connectivity index (χ1) is 16.1. The number of hydrogen-bond acceptors (Lipinski definition) is 4. The predicted molar refractivity (Wildman–Crippen MR) is 128 cm³/mol. The molecular formula is C27H29N3O3. The summed E-state index contributed by atoms with van der Waals surface area (Å²) in [6.07, 6.45) is 1.37. The van der Waals surface area contributed by atoms with Crippen molar-refractivity contribution in [1.29, 1.82) is 0 Å². The van der Waals surface area contributed by atoms with Gasteiger partial charge >= 0.3 is 0 Å². The van der Waals surface area contributed by atoms with Gasteiger partial charge < -0.3 is 21.1 Å². The number of amides is 2. The third-order valence-electron chi connectivity index (χ3n) is 5.79. The third kappa shape index (κ3) is 6.43. The first-order valence-electron chi connectivity index (χ1n) is 11.3. The van der Waals surface area contributed by atoms with E-state index in [0.717, 1.165) is 17.7 Å². The van der Waals surface area contributed by atoms with E-state index in [1.165, 1.54) is 5.56 Å². The van der Waals surface area contributed by atoms with Crippen LogP contribution in [0.4, 0.5) is 0 Å². The maximum atomic E-state index is 12.9. The number of carbonyl (C=O) groups is 2. The van der Waals surface area contributed by atoms with Crippen LogP contribution in [0.15, 0.2) is 84.9 Å². The number of rotatable bonds is 10. The smallest absolute Gasteiger partial charge is 0.251 e. The molecule has 4 N–H and O–H groups in total. The summed E-state index contributed by atoms with van der Waals surface area (Å²) in [7, 11) is 0. The van der Waals surface area contributed by atoms with E-state index in [2.05, 4.69) is 10.6 Å². The van der Waals surface area contributed by atoms with Crippen molar-refractivity contribution in [3.8, 4) is 5.75 Å². The molecule has 1 fully saturated rings. The summed E-state index contributed by atoms with van der Waals surface area (Å²) in [5.41, 5.74) is 8.64. The molecule has 0 heterocycles. The maximum Gasteiger partial charge on any atom is 0.251 e. The average Bonchev–Trinajstić information content (AvgIpc) is 3.59. The molecule has 3 aromatic rings. The summed E-state index contributed by atoms with van der Waals surface area (Å²) in [4.78, 5) is 25.5. The van der Waals surface area contributed by atoms with Crippen molar-refractivity contribution in [1.82, 2.24) is 10.6 Å². The van der Waals surface area contributed by atoms with Gasteiger partial charge in [0.2, 0.25) is 5.91 Å². The molecule has 4 rings (SSSR count). The van der Waals surface area contributed by atoms with Gasteiger partial charge in [-0.15, -0.1) is 0 Å². The lowest BCUT2D eigenvalue weighted by Gasteiger charge is -2.19. The van der Waals surface area contributed by atoms with Crippen LogP contribution in [0.25, 0.3) is 0 Å². The molecule has 0 unspecified atom stereocenters. The van der Waals surface area contributed by atoms with Crippen LogP contribution in [0.1, 0.15) is 40.2 Å². The molecule has 0 radical (unpaired) electrons. The summed E-state index contributed by atoms with van der Waals surface area (Å²) >= 11 is 0. The molecule has 0 bridgehead atoms. The quantitative estimate of drug-likeness (QED) is 0.448. The number of ether oxygens (including phenoxy) is 1. The number of benzene rings is 3. The fraction of sp³-hybridized carbons (Fsp3) is 0.259. The monoisotopic (exact) mass is 443 g/mol. The van der Waals surface area contributed by atoms with Crippen molar-refractivity contribution in [2.75, 3.05) is 6.61 Å². The summed E-state index contributed by atoms with van der Waals surface area (Å²) < 4.78 is 5.86. The van der Waals surface area contributed by atoms with Crippen molar-refractivity contribution in [3.63, 3.8) is 0 Å². The zero-order valence-electron chi connectivity index (χ0n) is 18.4. The number of carbonyl (C=O) groups excluding carboxylic acids is 2. The minimum Gasteiger partial charge on any atom is -0.494 e. The van der Waals surface area contributed by atoms with Crippen molar-refractivity contribution < 1.29 is 14.3 Å². The van der Waals surface area contributed by atoms with Crippen molar-refractivity contribution >= 4 is 11.8 Å². The second kappa shape index (κ2) is 10.8. The van der Waals surface area contributed by atoms with Gasteiger partial charge in [-0.2, -0.15) is 0 Å². The van der Waals surface area contributed by atoms with E-state index in [9.17, 15) is 9.59 Å². The highest BCUT2D eigenvalue weighted by Gasteiger charge is 2.34. The van der Waals surface area contributed by atoms with Crippen LogP contribution in [0.5, 0.6) is 5.75 Å². The van der Waals surface area contributed by atoms with Gasteiger partial charge in [-0.1, -0.05) is 60.7 Å². The van der Waals surface area contributed by atoms with Gasteiger partial charge in [-0.25, -0.2) is 0 Å².